The SMILES string of the molecule is CSc1ccc(-n2c(CF)nc(SC)c(C#N)c2=O)cc1. The lowest BCUT2D eigenvalue weighted by atomic mass is 10.3. The number of hydrogen-bond acceptors (Lipinski definition) is 5. The number of benzene rings is 1. The Balaban J connectivity index is 2.72. The van der Waals surface area contributed by atoms with Crippen LogP contribution >= 0.6 is 23.5 Å². The van der Waals surface area contributed by atoms with E-state index in [0.29, 0.717) is 5.69 Å². The van der Waals surface area contributed by atoms with Gasteiger partial charge in [-0.05, 0) is 36.8 Å². The Morgan fingerprint density at radius 1 is 1.29 bits per heavy atom. The summed E-state index contributed by atoms with van der Waals surface area (Å²) >= 11 is 2.72. The minimum absolute atomic E-state index is 0.000233. The Labute approximate surface area is 130 Å². The van der Waals surface area contributed by atoms with Crippen LogP contribution in [0.4, 0.5) is 4.39 Å². The summed E-state index contributed by atoms with van der Waals surface area (Å²) in [6.45, 7) is -0.876. The largest absolute Gasteiger partial charge is 0.277 e. The van der Waals surface area contributed by atoms with Crippen molar-refractivity contribution in [2.45, 2.75) is 16.6 Å². The lowest BCUT2D eigenvalue weighted by Crippen LogP contribution is -2.26. The molecular weight excluding hydrogens is 309 g/mol. The van der Waals surface area contributed by atoms with E-state index in [1.165, 1.54) is 0 Å². The summed E-state index contributed by atoms with van der Waals surface area (Å²) in [7, 11) is 0. The van der Waals surface area contributed by atoms with Gasteiger partial charge in [0, 0.05) is 4.90 Å². The molecule has 108 valence electrons. The van der Waals surface area contributed by atoms with Crippen LogP contribution in [0.1, 0.15) is 11.4 Å². The van der Waals surface area contributed by atoms with Gasteiger partial charge in [0.15, 0.2) is 0 Å². The van der Waals surface area contributed by atoms with Crippen LogP contribution in [0, 0.1) is 11.3 Å². The van der Waals surface area contributed by atoms with E-state index in [9.17, 15) is 9.18 Å². The van der Waals surface area contributed by atoms with Gasteiger partial charge in [-0.2, -0.15) is 5.26 Å². The van der Waals surface area contributed by atoms with Crippen LogP contribution in [0.15, 0.2) is 39.0 Å². The molecule has 1 heterocycles. The summed E-state index contributed by atoms with van der Waals surface area (Å²) in [4.78, 5) is 17.5. The number of nitriles is 1. The zero-order chi connectivity index (χ0) is 15.4. The van der Waals surface area contributed by atoms with Crippen LogP contribution in [0.3, 0.4) is 0 Å². The molecule has 0 aliphatic carbocycles. The third kappa shape index (κ3) is 2.96. The molecule has 0 aliphatic heterocycles. The molecule has 0 spiro atoms. The van der Waals surface area contributed by atoms with Gasteiger partial charge in [0.2, 0.25) is 0 Å². The summed E-state index contributed by atoms with van der Waals surface area (Å²) in [6.07, 6.45) is 3.64. The number of nitrogens with zero attached hydrogens (tertiary/aromatic N) is 3. The van der Waals surface area contributed by atoms with Crippen molar-refractivity contribution < 1.29 is 4.39 Å². The van der Waals surface area contributed by atoms with Crippen molar-refractivity contribution in [1.82, 2.24) is 9.55 Å². The first kappa shape index (κ1) is 15.6. The molecule has 0 bridgehead atoms. The highest BCUT2D eigenvalue weighted by Gasteiger charge is 2.17. The molecule has 0 N–H and O–H groups in total. The lowest BCUT2D eigenvalue weighted by Gasteiger charge is -2.12. The molecular formula is C14H12FN3OS2. The van der Waals surface area contributed by atoms with Crippen molar-refractivity contribution in [1.29, 1.82) is 5.26 Å². The third-order valence-electron chi connectivity index (χ3n) is 2.87. The fraction of sp³-hybridized carbons (Fsp3) is 0.214. The van der Waals surface area contributed by atoms with Crippen LogP contribution in [-0.2, 0) is 6.67 Å². The van der Waals surface area contributed by atoms with Gasteiger partial charge < -0.3 is 0 Å². The molecule has 0 aliphatic rings. The molecule has 7 heteroatoms. The summed E-state index contributed by atoms with van der Waals surface area (Å²) < 4.78 is 14.4. The van der Waals surface area contributed by atoms with Gasteiger partial charge in [0.05, 0.1) is 5.69 Å². The van der Waals surface area contributed by atoms with Gasteiger partial charge in [-0.3, -0.25) is 9.36 Å². The average molecular weight is 321 g/mol. The number of thioether (sulfide) groups is 2. The highest BCUT2D eigenvalue weighted by Crippen LogP contribution is 2.20. The molecule has 2 rings (SSSR count). The van der Waals surface area contributed by atoms with Gasteiger partial charge in [0.1, 0.15) is 29.2 Å². The fourth-order valence-corrected chi connectivity index (χ4v) is 2.82. The van der Waals surface area contributed by atoms with Crippen molar-refractivity contribution in [3.05, 3.63) is 46.0 Å². The first-order valence-electron chi connectivity index (χ1n) is 5.96. The van der Waals surface area contributed by atoms with E-state index in [4.69, 9.17) is 5.26 Å². The number of rotatable bonds is 4. The highest BCUT2D eigenvalue weighted by molar-refractivity contribution is 7.98. The zero-order valence-corrected chi connectivity index (χ0v) is 13.1. The first-order valence-corrected chi connectivity index (χ1v) is 8.41. The molecule has 0 amide bonds. The van der Waals surface area contributed by atoms with Crippen LogP contribution in [0.5, 0.6) is 0 Å². The Morgan fingerprint density at radius 3 is 2.43 bits per heavy atom. The molecule has 21 heavy (non-hydrogen) atoms. The smallest absolute Gasteiger partial charge is 0.267 e. The van der Waals surface area contributed by atoms with E-state index in [2.05, 4.69) is 4.98 Å². The molecule has 1 aromatic carbocycles. The number of alkyl halides is 1. The van der Waals surface area contributed by atoms with E-state index in [-0.39, 0.29) is 16.4 Å². The quantitative estimate of drug-likeness (QED) is 0.640. The molecule has 0 radical (unpaired) electrons. The van der Waals surface area contributed by atoms with Crippen LogP contribution in [-0.4, -0.2) is 22.1 Å². The monoisotopic (exact) mass is 321 g/mol. The first-order chi connectivity index (χ1) is 10.2. The summed E-state index contributed by atoms with van der Waals surface area (Å²) in [5.41, 5.74) is -0.0999. The maximum atomic E-state index is 13.2. The topological polar surface area (TPSA) is 58.7 Å². The van der Waals surface area contributed by atoms with Crippen molar-refractivity contribution >= 4 is 23.5 Å². The molecule has 0 atom stereocenters. The third-order valence-corrected chi connectivity index (χ3v) is 4.30. The van der Waals surface area contributed by atoms with Gasteiger partial charge in [-0.25, -0.2) is 9.37 Å². The van der Waals surface area contributed by atoms with E-state index < -0.39 is 12.2 Å². The molecule has 0 fully saturated rings. The molecule has 0 saturated heterocycles. The zero-order valence-electron chi connectivity index (χ0n) is 11.5. The Bertz CT molecular complexity index is 751. The maximum absolute atomic E-state index is 13.2. The number of halogens is 1. The second-order valence-electron chi connectivity index (χ2n) is 4.00. The van der Waals surface area contributed by atoms with Crippen molar-refractivity contribution in [2.75, 3.05) is 12.5 Å². The number of aromatic nitrogens is 2. The molecule has 0 unspecified atom stereocenters. The highest BCUT2D eigenvalue weighted by atomic mass is 32.2. The van der Waals surface area contributed by atoms with Crippen LogP contribution in [0.25, 0.3) is 5.69 Å². The Hall–Kier alpha value is -1.78. The molecule has 0 saturated carbocycles. The van der Waals surface area contributed by atoms with Crippen molar-refractivity contribution in [2.24, 2.45) is 0 Å². The van der Waals surface area contributed by atoms with Crippen molar-refractivity contribution in [3.8, 4) is 11.8 Å². The van der Waals surface area contributed by atoms with Gasteiger partial charge in [-0.1, -0.05) is 0 Å². The van der Waals surface area contributed by atoms with Gasteiger partial charge in [0.25, 0.3) is 5.56 Å². The van der Waals surface area contributed by atoms with Gasteiger partial charge in [-0.15, -0.1) is 23.5 Å². The molecule has 1 aromatic heterocycles. The maximum Gasteiger partial charge on any atom is 0.277 e. The van der Waals surface area contributed by atoms with Crippen LogP contribution in [0.2, 0.25) is 0 Å². The molecule has 2 aromatic rings. The predicted octanol–water partition coefficient (Wildman–Crippen LogP) is 3.02. The second-order valence-corrected chi connectivity index (χ2v) is 5.67. The van der Waals surface area contributed by atoms with E-state index in [1.54, 1.807) is 30.2 Å². The summed E-state index contributed by atoms with van der Waals surface area (Å²) in [5, 5.41) is 9.39. The predicted molar refractivity (Wildman–Crippen MR) is 82.9 cm³/mol. The number of hydrogen-bond donors (Lipinski definition) is 0. The lowest BCUT2D eigenvalue weighted by molar-refractivity contribution is 0.451. The summed E-state index contributed by atoms with van der Waals surface area (Å²) in [6, 6.07) is 8.96. The van der Waals surface area contributed by atoms with E-state index in [0.717, 1.165) is 21.2 Å². The molecule has 4 nitrogen and oxygen atoms in total. The fourth-order valence-electron chi connectivity index (χ4n) is 1.87. The second kappa shape index (κ2) is 6.78. The standard InChI is InChI=1S/C14H12FN3OS2/c1-20-10-5-3-9(4-6-10)18-12(7-15)17-13(21-2)11(8-16)14(18)19/h3-6H,7H2,1-2H3. The Kier molecular flexibility index (Phi) is 5.04. The van der Waals surface area contributed by atoms with Crippen LogP contribution < -0.4 is 5.56 Å². The Morgan fingerprint density at radius 2 is 1.95 bits per heavy atom. The van der Waals surface area contributed by atoms with Crippen molar-refractivity contribution in [3.63, 3.8) is 0 Å². The minimum Gasteiger partial charge on any atom is -0.267 e. The van der Waals surface area contributed by atoms with E-state index >= 15 is 0 Å². The van der Waals surface area contributed by atoms with Gasteiger partial charge >= 0.3 is 0 Å². The normalized spacial score (nSPS) is 10.4. The average Bonchev–Trinajstić information content (AvgIpc) is 2.53. The van der Waals surface area contributed by atoms with E-state index in [1.807, 2.05) is 24.5 Å². The summed E-state index contributed by atoms with van der Waals surface area (Å²) in [5.74, 6) is 0.000233. The minimum atomic E-state index is -0.876.